The van der Waals surface area contributed by atoms with Crippen LogP contribution in [0.4, 0.5) is 0 Å². The first-order valence-corrected chi connectivity index (χ1v) is 5.57. The summed E-state index contributed by atoms with van der Waals surface area (Å²) >= 11 is 0. The lowest BCUT2D eigenvalue weighted by Gasteiger charge is -2.29. The van der Waals surface area contributed by atoms with E-state index in [-0.39, 0.29) is 0 Å². The largest absolute Gasteiger partial charge is 0.316 e. The minimum Gasteiger partial charge on any atom is -0.316 e. The van der Waals surface area contributed by atoms with Crippen molar-refractivity contribution in [1.82, 2.24) is 10.2 Å². The average molecular weight is 184 g/mol. The molecule has 0 aliphatic carbocycles. The van der Waals surface area contributed by atoms with Crippen LogP contribution < -0.4 is 5.32 Å². The van der Waals surface area contributed by atoms with Crippen LogP contribution in [-0.4, -0.2) is 38.1 Å². The molecule has 1 atom stereocenters. The Hall–Kier alpha value is -0.0800. The Morgan fingerprint density at radius 1 is 1.46 bits per heavy atom. The second-order valence-electron chi connectivity index (χ2n) is 4.82. The van der Waals surface area contributed by atoms with E-state index in [1.54, 1.807) is 0 Å². The van der Waals surface area contributed by atoms with Crippen molar-refractivity contribution in [1.29, 1.82) is 0 Å². The molecular formula is C11H24N2. The van der Waals surface area contributed by atoms with E-state index in [1.165, 1.54) is 39.0 Å². The fourth-order valence-electron chi connectivity index (χ4n) is 2.02. The van der Waals surface area contributed by atoms with E-state index >= 15 is 0 Å². The maximum atomic E-state index is 3.55. The van der Waals surface area contributed by atoms with Gasteiger partial charge in [-0.3, -0.25) is 0 Å². The Labute approximate surface area is 82.7 Å². The third kappa shape index (κ3) is 4.63. The van der Waals surface area contributed by atoms with Crippen LogP contribution in [0, 0.1) is 11.8 Å². The van der Waals surface area contributed by atoms with E-state index in [1.807, 2.05) is 0 Å². The van der Waals surface area contributed by atoms with Crippen LogP contribution >= 0.6 is 0 Å². The zero-order chi connectivity index (χ0) is 9.68. The van der Waals surface area contributed by atoms with Crippen LogP contribution in [0.3, 0.4) is 0 Å². The second kappa shape index (κ2) is 5.61. The Balaban J connectivity index is 2.06. The molecule has 0 aromatic heterocycles. The Bertz CT molecular complexity index is 134. The summed E-state index contributed by atoms with van der Waals surface area (Å²) in [5.41, 5.74) is 0. The summed E-state index contributed by atoms with van der Waals surface area (Å²) < 4.78 is 0. The van der Waals surface area contributed by atoms with Crippen molar-refractivity contribution >= 4 is 0 Å². The van der Waals surface area contributed by atoms with Gasteiger partial charge in [-0.2, -0.15) is 0 Å². The lowest BCUT2D eigenvalue weighted by atomic mass is 9.98. The van der Waals surface area contributed by atoms with E-state index in [4.69, 9.17) is 0 Å². The fourth-order valence-corrected chi connectivity index (χ4v) is 2.02. The maximum absolute atomic E-state index is 3.55. The van der Waals surface area contributed by atoms with Crippen molar-refractivity contribution in [3.8, 4) is 0 Å². The lowest BCUT2D eigenvalue weighted by molar-refractivity contribution is 0.205. The van der Waals surface area contributed by atoms with Crippen LogP contribution in [0.2, 0.25) is 0 Å². The molecule has 1 unspecified atom stereocenters. The standard InChI is InChI=1S/C11H24N2/c1-10(2)7-12-8-11-5-4-6-13(3)9-11/h10-12H,4-9H2,1-3H3. The molecule has 0 bridgehead atoms. The number of hydrogen-bond donors (Lipinski definition) is 1. The number of likely N-dealkylation sites (tertiary alicyclic amines) is 1. The number of nitrogens with one attached hydrogen (secondary N) is 1. The highest BCUT2D eigenvalue weighted by Gasteiger charge is 2.16. The molecule has 1 saturated heterocycles. The van der Waals surface area contributed by atoms with Gasteiger partial charge in [0.2, 0.25) is 0 Å². The predicted octanol–water partition coefficient (Wildman–Crippen LogP) is 1.57. The highest BCUT2D eigenvalue weighted by Crippen LogP contribution is 2.13. The monoisotopic (exact) mass is 184 g/mol. The molecule has 1 heterocycles. The van der Waals surface area contributed by atoms with Gasteiger partial charge in [0, 0.05) is 6.54 Å². The first kappa shape index (κ1) is 11.0. The zero-order valence-electron chi connectivity index (χ0n) is 9.34. The molecule has 1 aliphatic rings. The minimum absolute atomic E-state index is 0.779. The molecule has 0 amide bonds. The van der Waals surface area contributed by atoms with E-state index in [9.17, 15) is 0 Å². The van der Waals surface area contributed by atoms with Crippen molar-refractivity contribution in [2.45, 2.75) is 26.7 Å². The zero-order valence-corrected chi connectivity index (χ0v) is 9.34. The van der Waals surface area contributed by atoms with Gasteiger partial charge >= 0.3 is 0 Å². The molecule has 0 radical (unpaired) electrons. The van der Waals surface area contributed by atoms with E-state index in [2.05, 4.69) is 31.1 Å². The third-order valence-corrected chi connectivity index (χ3v) is 2.71. The quantitative estimate of drug-likeness (QED) is 0.713. The number of piperidine rings is 1. The highest BCUT2D eigenvalue weighted by molar-refractivity contribution is 4.72. The second-order valence-corrected chi connectivity index (χ2v) is 4.82. The number of hydrogen-bond acceptors (Lipinski definition) is 2. The summed E-state index contributed by atoms with van der Waals surface area (Å²) in [6.07, 6.45) is 2.79. The van der Waals surface area contributed by atoms with Gasteiger partial charge in [-0.25, -0.2) is 0 Å². The maximum Gasteiger partial charge on any atom is 0.00187 e. The van der Waals surface area contributed by atoms with Gasteiger partial charge in [-0.1, -0.05) is 13.8 Å². The van der Waals surface area contributed by atoms with Crippen molar-refractivity contribution in [3.05, 3.63) is 0 Å². The van der Waals surface area contributed by atoms with Crippen LogP contribution in [0.15, 0.2) is 0 Å². The summed E-state index contributed by atoms with van der Waals surface area (Å²) in [4.78, 5) is 2.45. The Morgan fingerprint density at radius 2 is 2.23 bits per heavy atom. The third-order valence-electron chi connectivity index (χ3n) is 2.71. The van der Waals surface area contributed by atoms with Gasteiger partial charge < -0.3 is 10.2 Å². The Kier molecular flexibility index (Phi) is 4.74. The topological polar surface area (TPSA) is 15.3 Å². The first-order chi connectivity index (χ1) is 6.18. The van der Waals surface area contributed by atoms with Crippen LogP contribution in [-0.2, 0) is 0 Å². The van der Waals surface area contributed by atoms with Gasteiger partial charge in [0.05, 0.1) is 0 Å². The summed E-state index contributed by atoms with van der Waals surface area (Å²) in [5.74, 6) is 1.67. The molecule has 1 aliphatic heterocycles. The molecule has 1 rings (SSSR count). The van der Waals surface area contributed by atoms with E-state index in [0.717, 1.165) is 11.8 Å². The number of rotatable bonds is 4. The molecule has 0 saturated carbocycles. The molecule has 2 heteroatoms. The van der Waals surface area contributed by atoms with Crippen LogP contribution in [0.1, 0.15) is 26.7 Å². The SMILES string of the molecule is CC(C)CNCC1CCCN(C)C1. The molecule has 0 aromatic carbocycles. The normalized spacial score (nSPS) is 25.4. The van der Waals surface area contributed by atoms with Crippen LogP contribution in [0.5, 0.6) is 0 Å². The molecule has 13 heavy (non-hydrogen) atoms. The van der Waals surface area contributed by atoms with E-state index in [0.29, 0.717) is 0 Å². The summed E-state index contributed by atoms with van der Waals surface area (Å²) in [7, 11) is 2.23. The van der Waals surface area contributed by atoms with Gasteiger partial charge in [0.1, 0.15) is 0 Å². The first-order valence-electron chi connectivity index (χ1n) is 5.57. The van der Waals surface area contributed by atoms with E-state index < -0.39 is 0 Å². The number of nitrogens with zero attached hydrogens (tertiary/aromatic N) is 1. The summed E-state index contributed by atoms with van der Waals surface area (Å²) in [6, 6.07) is 0. The molecule has 0 spiro atoms. The molecule has 1 fully saturated rings. The molecule has 1 N–H and O–H groups in total. The summed E-state index contributed by atoms with van der Waals surface area (Å²) in [6.45, 7) is 9.48. The molecular weight excluding hydrogens is 160 g/mol. The van der Waals surface area contributed by atoms with Crippen LogP contribution in [0.25, 0.3) is 0 Å². The average Bonchev–Trinajstić information content (AvgIpc) is 2.03. The molecule has 0 aromatic rings. The van der Waals surface area contributed by atoms with Gasteiger partial charge in [-0.05, 0) is 51.4 Å². The van der Waals surface area contributed by atoms with Gasteiger partial charge in [-0.15, -0.1) is 0 Å². The van der Waals surface area contributed by atoms with Crippen molar-refractivity contribution in [2.24, 2.45) is 11.8 Å². The lowest BCUT2D eigenvalue weighted by Crippen LogP contribution is -2.38. The van der Waals surface area contributed by atoms with Crippen molar-refractivity contribution in [3.63, 3.8) is 0 Å². The smallest absolute Gasteiger partial charge is 0.00187 e. The summed E-state index contributed by atoms with van der Waals surface area (Å²) in [5, 5.41) is 3.55. The van der Waals surface area contributed by atoms with Crippen molar-refractivity contribution in [2.75, 3.05) is 33.2 Å². The highest BCUT2D eigenvalue weighted by atomic mass is 15.1. The van der Waals surface area contributed by atoms with Gasteiger partial charge in [0.25, 0.3) is 0 Å². The Morgan fingerprint density at radius 3 is 2.85 bits per heavy atom. The molecule has 78 valence electrons. The minimum atomic E-state index is 0.779. The predicted molar refractivity (Wildman–Crippen MR) is 57.9 cm³/mol. The van der Waals surface area contributed by atoms with Crippen molar-refractivity contribution < 1.29 is 0 Å². The van der Waals surface area contributed by atoms with Gasteiger partial charge in [0.15, 0.2) is 0 Å². The molecule has 2 nitrogen and oxygen atoms in total. The fraction of sp³-hybridized carbons (Fsp3) is 1.00.